The molecule has 0 saturated heterocycles. The Morgan fingerprint density at radius 1 is 1.64 bits per heavy atom. The van der Waals surface area contributed by atoms with Crippen molar-refractivity contribution in [3.63, 3.8) is 0 Å². The van der Waals surface area contributed by atoms with Gasteiger partial charge in [0.05, 0.1) is 12.3 Å². The minimum atomic E-state index is -0.309. The fourth-order valence-corrected chi connectivity index (χ4v) is 1.85. The molecular weight excluding hydrogens is 198 g/mol. The lowest BCUT2D eigenvalue weighted by atomic mass is 10.1. The van der Waals surface area contributed by atoms with Gasteiger partial charge in [-0.2, -0.15) is 4.37 Å². The predicted molar refractivity (Wildman–Crippen MR) is 57.5 cm³/mol. The first-order valence-electron chi connectivity index (χ1n) is 4.37. The van der Waals surface area contributed by atoms with Crippen LogP contribution in [0.1, 0.15) is 34.8 Å². The van der Waals surface area contributed by atoms with Crippen molar-refractivity contribution < 1.29 is 9.53 Å². The van der Waals surface area contributed by atoms with Crippen LogP contribution in [0.3, 0.4) is 0 Å². The molecule has 0 N–H and O–H groups in total. The van der Waals surface area contributed by atoms with Crippen molar-refractivity contribution in [1.82, 2.24) is 4.37 Å². The molecule has 0 fully saturated rings. The normalized spacial score (nSPS) is 9.93. The van der Waals surface area contributed by atoms with Crippen LogP contribution in [0.25, 0.3) is 5.57 Å². The fourth-order valence-electron chi connectivity index (χ4n) is 1.11. The third kappa shape index (κ3) is 2.01. The van der Waals surface area contributed by atoms with Gasteiger partial charge >= 0.3 is 5.97 Å². The van der Waals surface area contributed by atoms with Gasteiger partial charge in [0.25, 0.3) is 0 Å². The van der Waals surface area contributed by atoms with Crippen molar-refractivity contribution >= 4 is 23.1 Å². The van der Waals surface area contributed by atoms with E-state index in [1.165, 1.54) is 11.5 Å². The summed E-state index contributed by atoms with van der Waals surface area (Å²) >= 11 is 1.30. The average molecular weight is 211 g/mol. The van der Waals surface area contributed by atoms with E-state index in [-0.39, 0.29) is 5.97 Å². The molecule has 0 spiro atoms. The van der Waals surface area contributed by atoms with E-state index in [0.29, 0.717) is 17.9 Å². The van der Waals surface area contributed by atoms with Crippen LogP contribution in [0.2, 0.25) is 0 Å². The number of rotatable bonds is 3. The monoisotopic (exact) mass is 211 g/mol. The van der Waals surface area contributed by atoms with Crippen LogP contribution in [0.5, 0.6) is 0 Å². The predicted octanol–water partition coefficient (Wildman–Crippen LogP) is 2.66. The van der Waals surface area contributed by atoms with Gasteiger partial charge in [-0.3, -0.25) is 0 Å². The van der Waals surface area contributed by atoms with E-state index in [4.69, 9.17) is 4.74 Å². The Morgan fingerprint density at radius 3 is 2.79 bits per heavy atom. The summed E-state index contributed by atoms with van der Waals surface area (Å²) in [6.07, 6.45) is 0. The maximum Gasteiger partial charge on any atom is 0.341 e. The van der Waals surface area contributed by atoms with Crippen LogP contribution >= 0.6 is 11.5 Å². The smallest absolute Gasteiger partial charge is 0.341 e. The number of carbonyl (C=O) groups excluding carboxylic acids is 1. The SMILES string of the molecule is C=C(C)c1nsc(C)c1C(=O)OCC. The second-order valence-corrected chi connectivity index (χ2v) is 3.94. The van der Waals surface area contributed by atoms with Crippen molar-refractivity contribution in [1.29, 1.82) is 0 Å². The van der Waals surface area contributed by atoms with Crippen molar-refractivity contribution in [2.45, 2.75) is 20.8 Å². The Hall–Kier alpha value is -1.16. The molecule has 0 bridgehead atoms. The Balaban J connectivity index is 3.11. The first-order chi connectivity index (χ1) is 6.57. The molecule has 0 amide bonds. The van der Waals surface area contributed by atoms with Gasteiger partial charge in [-0.05, 0) is 37.9 Å². The molecule has 1 aromatic rings. The molecule has 0 unspecified atom stereocenters. The van der Waals surface area contributed by atoms with Crippen molar-refractivity contribution in [2.24, 2.45) is 0 Å². The molecule has 0 radical (unpaired) electrons. The highest BCUT2D eigenvalue weighted by Gasteiger charge is 2.19. The number of aryl methyl sites for hydroxylation is 1. The minimum absolute atomic E-state index is 0.309. The fraction of sp³-hybridized carbons (Fsp3) is 0.400. The lowest BCUT2D eigenvalue weighted by Crippen LogP contribution is -2.07. The van der Waals surface area contributed by atoms with Crippen molar-refractivity contribution in [2.75, 3.05) is 6.61 Å². The highest BCUT2D eigenvalue weighted by atomic mass is 32.1. The standard InChI is InChI=1S/C10H13NO2S/c1-5-13-10(12)8-7(4)14-11-9(8)6(2)3/h2,5H2,1,3-4H3. The molecule has 0 saturated carbocycles. The van der Waals surface area contributed by atoms with Gasteiger partial charge in [-0.15, -0.1) is 0 Å². The van der Waals surface area contributed by atoms with E-state index in [9.17, 15) is 4.79 Å². The van der Waals surface area contributed by atoms with Gasteiger partial charge in [-0.1, -0.05) is 6.58 Å². The lowest BCUT2D eigenvalue weighted by Gasteiger charge is -2.02. The number of ether oxygens (including phenoxy) is 1. The Bertz CT molecular complexity index is 368. The molecule has 0 aliphatic heterocycles. The molecule has 4 heteroatoms. The Kier molecular flexibility index (Phi) is 3.41. The first-order valence-corrected chi connectivity index (χ1v) is 5.14. The third-order valence-electron chi connectivity index (χ3n) is 1.75. The van der Waals surface area contributed by atoms with Crippen LogP contribution in [-0.4, -0.2) is 16.9 Å². The molecule has 0 aliphatic carbocycles. The number of esters is 1. The van der Waals surface area contributed by atoms with Gasteiger partial charge in [0.15, 0.2) is 0 Å². The molecule has 3 nitrogen and oxygen atoms in total. The average Bonchev–Trinajstić information content (AvgIpc) is 2.47. The third-order valence-corrected chi connectivity index (χ3v) is 2.50. The minimum Gasteiger partial charge on any atom is -0.462 e. The molecule has 0 aliphatic rings. The zero-order chi connectivity index (χ0) is 10.7. The van der Waals surface area contributed by atoms with Crippen LogP contribution in [0.15, 0.2) is 6.58 Å². The molecular formula is C10H13NO2S. The highest BCUT2D eigenvalue weighted by molar-refractivity contribution is 7.06. The number of allylic oxidation sites excluding steroid dienone is 1. The maximum absolute atomic E-state index is 11.6. The van der Waals surface area contributed by atoms with Crippen molar-refractivity contribution in [3.05, 3.63) is 22.7 Å². The maximum atomic E-state index is 11.6. The van der Waals surface area contributed by atoms with Gasteiger partial charge in [-0.25, -0.2) is 4.79 Å². The van der Waals surface area contributed by atoms with E-state index in [1.54, 1.807) is 6.92 Å². The van der Waals surface area contributed by atoms with E-state index >= 15 is 0 Å². The number of carbonyl (C=O) groups is 1. The van der Waals surface area contributed by atoms with Crippen molar-refractivity contribution in [3.8, 4) is 0 Å². The summed E-state index contributed by atoms with van der Waals surface area (Å²) in [5.41, 5.74) is 2.01. The van der Waals surface area contributed by atoms with Crippen LogP contribution in [0.4, 0.5) is 0 Å². The van der Waals surface area contributed by atoms with E-state index in [2.05, 4.69) is 11.0 Å². The molecule has 1 rings (SSSR count). The second-order valence-electron chi connectivity index (χ2n) is 2.96. The van der Waals surface area contributed by atoms with E-state index in [1.807, 2.05) is 13.8 Å². The summed E-state index contributed by atoms with van der Waals surface area (Å²) in [6, 6.07) is 0. The lowest BCUT2D eigenvalue weighted by molar-refractivity contribution is 0.0525. The molecule has 1 heterocycles. The number of hydrogen-bond donors (Lipinski definition) is 0. The van der Waals surface area contributed by atoms with Gasteiger partial charge < -0.3 is 4.74 Å². The molecule has 0 aromatic carbocycles. The first kappa shape index (κ1) is 10.9. The Morgan fingerprint density at radius 2 is 2.29 bits per heavy atom. The highest BCUT2D eigenvalue weighted by Crippen LogP contribution is 2.23. The summed E-state index contributed by atoms with van der Waals surface area (Å²) in [4.78, 5) is 12.4. The van der Waals surface area contributed by atoms with Crippen LogP contribution < -0.4 is 0 Å². The molecule has 76 valence electrons. The Labute approximate surface area is 87.6 Å². The summed E-state index contributed by atoms with van der Waals surface area (Å²) < 4.78 is 9.10. The topological polar surface area (TPSA) is 39.2 Å². The number of aromatic nitrogens is 1. The molecule has 14 heavy (non-hydrogen) atoms. The summed E-state index contributed by atoms with van der Waals surface area (Å²) in [5, 5.41) is 0. The van der Waals surface area contributed by atoms with Gasteiger partial charge in [0.1, 0.15) is 5.56 Å². The number of nitrogens with zero attached hydrogens (tertiary/aromatic N) is 1. The largest absolute Gasteiger partial charge is 0.462 e. The molecule has 0 atom stereocenters. The van der Waals surface area contributed by atoms with Crippen LogP contribution in [-0.2, 0) is 4.74 Å². The molecule has 1 aromatic heterocycles. The van der Waals surface area contributed by atoms with Gasteiger partial charge in [0, 0.05) is 4.88 Å². The van der Waals surface area contributed by atoms with Crippen LogP contribution in [0, 0.1) is 6.92 Å². The zero-order valence-corrected chi connectivity index (χ0v) is 9.40. The quantitative estimate of drug-likeness (QED) is 0.721. The summed E-state index contributed by atoms with van der Waals surface area (Å²) in [6.45, 7) is 9.63. The van der Waals surface area contributed by atoms with Gasteiger partial charge in [0.2, 0.25) is 0 Å². The zero-order valence-electron chi connectivity index (χ0n) is 8.59. The van der Waals surface area contributed by atoms with E-state index < -0.39 is 0 Å². The summed E-state index contributed by atoms with van der Waals surface area (Å²) in [7, 11) is 0. The number of hydrogen-bond acceptors (Lipinski definition) is 4. The van der Waals surface area contributed by atoms with E-state index in [0.717, 1.165) is 10.5 Å². The second kappa shape index (κ2) is 4.37. The summed E-state index contributed by atoms with van der Waals surface area (Å²) in [5.74, 6) is -0.309.